The van der Waals surface area contributed by atoms with Crippen molar-refractivity contribution in [2.45, 2.75) is 19.8 Å². The van der Waals surface area contributed by atoms with Gasteiger partial charge in [-0.25, -0.2) is 14.8 Å². The second kappa shape index (κ2) is 7.34. The highest BCUT2D eigenvalue weighted by atomic mass is 32.1. The molecule has 4 heterocycles. The number of pyridine rings is 1. The van der Waals surface area contributed by atoms with E-state index in [1.165, 1.54) is 6.07 Å². The molecule has 0 bridgehead atoms. The van der Waals surface area contributed by atoms with Crippen molar-refractivity contribution in [2.24, 2.45) is 0 Å². The van der Waals surface area contributed by atoms with Crippen molar-refractivity contribution in [3.63, 3.8) is 0 Å². The van der Waals surface area contributed by atoms with Gasteiger partial charge in [-0.1, -0.05) is 29.5 Å². The van der Waals surface area contributed by atoms with Crippen LogP contribution in [0.15, 0.2) is 42.5 Å². The Morgan fingerprint density at radius 2 is 2.00 bits per heavy atom. The van der Waals surface area contributed by atoms with Crippen LogP contribution in [-0.2, 0) is 6.42 Å². The molecule has 4 aromatic rings. The van der Waals surface area contributed by atoms with Crippen molar-refractivity contribution >= 4 is 50.1 Å². The first-order chi connectivity index (χ1) is 14.6. The van der Waals surface area contributed by atoms with Crippen LogP contribution in [0, 0.1) is 6.92 Å². The van der Waals surface area contributed by atoms with Gasteiger partial charge in [-0.2, -0.15) is 0 Å². The summed E-state index contributed by atoms with van der Waals surface area (Å²) in [6.45, 7) is 2.73. The summed E-state index contributed by atoms with van der Waals surface area (Å²) < 4.78 is 1.11. The van der Waals surface area contributed by atoms with E-state index in [4.69, 9.17) is 0 Å². The molecular formula is C21H18N6O2S. The number of nitrogens with zero attached hydrogens (tertiary/aromatic N) is 5. The van der Waals surface area contributed by atoms with Crippen LogP contribution in [0.25, 0.3) is 10.2 Å². The van der Waals surface area contributed by atoms with Crippen LogP contribution in [0.5, 0.6) is 0 Å². The summed E-state index contributed by atoms with van der Waals surface area (Å²) >= 11 is 1.57. The molecule has 0 fully saturated rings. The number of carboxylic acid groups (broad SMARTS) is 1. The van der Waals surface area contributed by atoms with E-state index in [2.05, 4.69) is 25.5 Å². The van der Waals surface area contributed by atoms with E-state index in [-0.39, 0.29) is 5.69 Å². The van der Waals surface area contributed by atoms with Crippen LogP contribution in [0.2, 0.25) is 0 Å². The van der Waals surface area contributed by atoms with Crippen LogP contribution >= 0.6 is 11.3 Å². The molecule has 1 aromatic carbocycles. The maximum absolute atomic E-state index is 11.3. The number of anilines is 4. The van der Waals surface area contributed by atoms with Crippen molar-refractivity contribution in [3.8, 4) is 0 Å². The zero-order chi connectivity index (χ0) is 20.7. The van der Waals surface area contributed by atoms with Gasteiger partial charge in [0.15, 0.2) is 22.5 Å². The SMILES string of the molecule is Cc1c(Nc2nc3ccccc3s2)nnc2c1CCCN2c1cccc(C(=O)O)n1. The van der Waals surface area contributed by atoms with E-state index in [1.807, 2.05) is 36.1 Å². The Labute approximate surface area is 176 Å². The second-order valence-electron chi connectivity index (χ2n) is 7.03. The number of aromatic carboxylic acids is 1. The molecule has 8 nitrogen and oxygen atoms in total. The molecule has 3 aromatic heterocycles. The highest BCUT2D eigenvalue weighted by Gasteiger charge is 2.25. The number of carbonyl (C=O) groups is 1. The molecule has 9 heteroatoms. The van der Waals surface area contributed by atoms with Gasteiger partial charge in [0.25, 0.3) is 0 Å². The number of para-hydroxylation sites is 1. The number of thiazole rings is 1. The van der Waals surface area contributed by atoms with E-state index < -0.39 is 5.97 Å². The third-order valence-corrected chi connectivity index (χ3v) is 6.09. The lowest BCUT2D eigenvalue weighted by Crippen LogP contribution is -2.28. The Hall–Kier alpha value is -3.59. The van der Waals surface area contributed by atoms with E-state index >= 15 is 0 Å². The summed E-state index contributed by atoms with van der Waals surface area (Å²) in [5.74, 6) is 0.925. The Balaban J connectivity index is 1.49. The summed E-state index contributed by atoms with van der Waals surface area (Å²) in [5.41, 5.74) is 3.06. The monoisotopic (exact) mass is 418 g/mol. The van der Waals surface area contributed by atoms with E-state index in [1.54, 1.807) is 23.5 Å². The molecule has 0 aliphatic carbocycles. The fraction of sp³-hybridized carbons (Fsp3) is 0.190. The van der Waals surface area contributed by atoms with Gasteiger partial charge in [0, 0.05) is 17.7 Å². The smallest absolute Gasteiger partial charge is 0.354 e. The van der Waals surface area contributed by atoms with Gasteiger partial charge in [-0.15, -0.1) is 10.2 Å². The highest BCUT2D eigenvalue weighted by Crippen LogP contribution is 2.35. The third kappa shape index (κ3) is 3.22. The summed E-state index contributed by atoms with van der Waals surface area (Å²) in [5, 5.41) is 22.2. The third-order valence-electron chi connectivity index (χ3n) is 5.14. The minimum atomic E-state index is -1.05. The van der Waals surface area contributed by atoms with E-state index in [0.29, 0.717) is 18.2 Å². The molecule has 0 radical (unpaired) electrons. The van der Waals surface area contributed by atoms with Crippen LogP contribution in [0.4, 0.5) is 22.6 Å². The Morgan fingerprint density at radius 3 is 2.83 bits per heavy atom. The topological polar surface area (TPSA) is 104 Å². The van der Waals surface area contributed by atoms with Gasteiger partial charge in [0.2, 0.25) is 0 Å². The summed E-state index contributed by atoms with van der Waals surface area (Å²) in [6, 6.07) is 13.0. The quantitative estimate of drug-likeness (QED) is 0.505. The van der Waals surface area contributed by atoms with Crippen LogP contribution in [0.1, 0.15) is 28.0 Å². The van der Waals surface area contributed by atoms with Gasteiger partial charge in [0.1, 0.15) is 5.82 Å². The highest BCUT2D eigenvalue weighted by molar-refractivity contribution is 7.22. The Bertz CT molecular complexity index is 1240. The Kier molecular flexibility index (Phi) is 4.51. The number of aromatic nitrogens is 4. The molecule has 0 spiro atoms. The number of carboxylic acids is 1. The summed E-state index contributed by atoms with van der Waals surface area (Å²) in [7, 11) is 0. The lowest BCUT2D eigenvalue weighted by atomic mass is 10.0. The first-order valence-corrected chi connectivity index (χ1v) is 10.4. The lowest BCUT2D eigenvalue weighted by Gasteiger charge is -2.30. The van der Waals surface area contributed by atoms with Crippen LogP contribution in [-0.4, -0.2) is 37.8 Å². The van der Waals surface area contributed by atoms with Gasteiger partial charge in [0.05, 0.1) is 10.2 Å². The zero-order valence-electron chi connectivity index (χ0n) is 16.2. The van der Waals surface area contributed by atoms with Crippen molar-refractivity contribution in [2.75, 3.05) is 16.8 Å². The molecular weight excluding hydrogens is 400 g/mol. The molecule has 5 rings (SSSR count). The molecule has 0 saturated heterocycles. The normalized spacial score (nSPS) is 13.3. The molecule has 150 valence electrons. The molecule has 0 saturated carbocycles. The summed E-state index contributed by atoms with van der Waals surface area (Å²) in [4.78, 5) is 22.1. The average molecular weight is 418 g/mol. The van der Waals surface area contributed by atoms with Crippen molar-refractivity contribution in [1.29, 1.82) is 0 Å². The molecule has 30 heavy (non-hydrogen) atoms. The molecule has 1 aliphatic rings. The predicted molar refractivity (Wildman–Crippen MR) is 116 cm³/mol. The van der Waals surface area contributed by atoms with E-state index in [0.717, 1.165) is 45.1 Å². The lowest BCUT2D eigenvalue weighted by molar-refractivity contribution is 0.0690. The maximum atomic E-state index is 11.3. The minimum absolute atomic E-state index is 0.0124. The summed E-state index contributed by atoms with van der Waals surface area (Å²) in [6.07, 6.45) is 1.79. The largest absolute Gasteiger partial charge is 0.477 e. The average Bonchev–Trinajstić information content (AvgIpc) is 3.18. The van der Waals surface area contributed by atoms with Gasteiger partial charge in [-0.3, -0.25) is 0 Å². The van der Waals surface area contributed by atoms with Crippen molar-refractivity contribution in [1.82, 2.24) is 20.2 Å². The maximum Gasteiger partial charge on any atom is 0.354 e. The van der Waals surface area contributed by atoms with E-state index in [9.17, 15) is 9.90 Å². The van der Waals surface area contributed by atoms with Crippen molar-refractivity contribution in [3.05, 3.63) is 59.3 Å². The standard InChI is InChI=1S/C21H18N6O2S/c1-12-13-6-5-11-27(17-10-4-8-15(22-17)20(28)29)19(13)26-25-18(12)24-21-23-14-7-2-3-9-16(14)30-21/h2-4,7-10H,5-6,11H2,1H3,(H,28,29)(H,23,24,25). The fourth-order valence-corrected chi connectivity index (χ4v) is 4.51. The first kappa shape index (κ1) is 18.4. The van der Waals surface area contributed by atoms with Crippen LogP contribution < -0.4 is 10.2 Å². The number of nitrogens with one attached hydrogen (secondary N) is 1. The fourth-order valence-electron chi connectivity index (χ4n) is 3.64. The molecule has 0 amide bonds. The zero-order valence-corrected chi connectivity index (χ0v) is 17.0. The number of rotatable bonds is 4. The first-order valence-electron chi connectivity index (χ1n) is 9.57. The molecule has 0 unspecified atom stereocenters. The number of hydrogen-bond acceptors (Lipinski definition) is 8. The van der Waals surface area contributed by atoms with Gasteiger partial charge >= 0.3 is 5.97 Å². The van der Waals surface area contributed by atoms with Gasteiger partial charge < -0.3 is 15.3 Å². The minimum Gasteiger partial charge on any atom is -0.477 e. The number of fused-ring (bicyclic) bond motifs is 2. The number of hydrogen-bond donors (Lipinski definition) is 2. The Morgan fingerprint density at radius 1 is 1.13 bits per heavy atom. The molecule has 1 aliphatic heterocycles. The van der Waals surface area contributed by atoms with Gasteiger partial charge in [-0.05, 0) is 44.0 Å². The number of benzene rings is 1. The predicted octanol–water partition coefficient (Wildman–Crippen LogP) is 4.32. The van der Waals surface area contributed by atoms with Crippen LogP contribution in [0.3, 0.4) is 0 Å². The molecule has 0 atom stereocenters. The molecule has 2 N–H and O–H groups in total. The second-order valence-corrected chi connectivity index (χ2v) is 8.06. The van der Waals surface area contributed by atoms with Crippen molar-refractivity contribution < 1.29 is 9.90 Å².